The number of benzene rings is 3. The van der Waals surface area contributed by atoms with Gasteiger partial charge in [0.2, 0.25) is 0 Å². The average molecular weight is 529 g/mol. The average Bonchev–Trinajstić information content (AvgIpc) is 3.18. The number of ether oxygens (including phenoxy) is 3. The highest BCUT2D eigenvalue weighted by atomic mass is 16.5. The van der Waals surface area contributed by atoms with Gasteiger partial charge in [-0.05, 0) is 67.4 Å². The Labute approximate surface area is 228 Å². The molecule has 0 bridgehead atoms. The topological polar surface area (TPSA) is 88.5 Å². The quantitative estimate of drug-likeness (QED) is 0.264. The number of likely N-dealkylation sites (N-methyl/N-ethyl adjacent to an activating group) is 1. The van der Waals surface area contributed by atoms with Crippen LogP contribution in [0.15, 0.2) is 72.3 Å². The van der Waals surface area contributed by atoms with Gasteiger partial charge in [0.15, 0.2) is 0 Å². The summed E-state index contributed by atoms with van der Waals surface area (Å²) in [6, 6.07) is 19.1. The first kappa shape index (κ1) is 26.2. The van der Waals surface area contributed by atoms with E-state index < -0.39 is 17.7 Å². The molecule has 1 unspecified atom stereocenters. The number of fused-ring (bicyclic) bond motifs is 1. The zero-order valence-corrected chi connectivity index (χ0v) is 22.5. The summed E-state index contributed by atoms with van der Waals surface area (Å²) < 4.78 is 16.9. The van der Waals surface area contributed by atoms with Crippen molar-refractivity contribution in [2.45, 2.75) is 32.5 Å². The van der Waals surface area contributed by atoms with Crippen molar-refractivity contribution in [2.24, 2.45) is 0 Å². The number of likely N-dealkylation sites (tertiary alicyclic amines) is 1. The number of carbonyl (C=O) groups excluding carboxylic acids is 2. The maximum absolute atomic E-state index is 13.5. The number of aliphatic hydroxyl groups excluding tert-OH is 1. The highest BCUT2D eigenvalue weighted by Gasteiger charge is 2.46. The fourth-order valence-corrected chi connectivity index (χ4v) is 5.01. The van der Waals surface area contributed by atoms with E-state index in [4.69, 9.17) is 14.2 Å². The van der Waals surface area contributed by atoms with Crippen LogP contribution in [0, 0.1) is 0 Å². The molecule has 3 aromatic carbocycles. The lowest BCUT2D eigenvalue weighted by atomic mass is 9.94. The van der Waals surface area contributed by atoms with Crippen LogP contribution >= 0.6 is 0 Å². The summed E-state index contributed by atoms with van der Waals surface area (Å²) in [4.78, 5) is 30.5. The highest BCUT2D eigenvalue weighted by molar-refractivity contribution is 6.46. The molecule has 1 fully saturated rings. The Morgan fingerprint density at radius 3 is 2.54 bits per heavy atom. The molecule has 0 spiro atoms. The lowest BCUT2D eigenvalue weighted by Crippen LogP contribution is -2.29. The van der Waals surface area contributed by atoms with Gasteiger partial charge in [0.25, 0.3) is 11.7 Å². The zero-order chi connectivity index (χ0) is 27.7. The molecule has 5 rings (SSSR count). The second-order valence-electron chi connectivity index (χ2n) is 9.97. The molecule has 0 radical (unpaired) electrons. The van der Waals surface area contributed by atoms with Gasteiger partial charge in [-0.15, -0.1) is 0 Å². The number of ketones is 1. The summed E-state index contributed by atoms with van der Waals surface area (Å²) in [7, 11) is 3.52. The molecule has 2 aliphatic rings. The number of amides is 1. The molecule has 8 nitrogen and oxygen atoms in total. The zero-order valence-electron chi connectivity index (χ0n) is 22.5. The second-order valence-corrected chi connectivity index (χ2v) is 9.97. The third-order valence-electron chi connectivity index (χ3n) is 6.92. The van der Waals surface area contributed by atoms with Crippen LogP contribution in [0.4, 0.5) is 5.69 Å². The normalized spacial score (nSPS) is 18.2. The predicted molar refractivity (Wildman–Crippen MR) is 148 cm³/mol. The number of anilines is 1. The van der Waals surface area contributed by atoms with Crippen LogP contribution in [0.3, 0.4) is 0 Å². The Morgan fingerprint density at radius 1 is 1.05 bits per heavy atom. The van der Waals surface area contributed by atoms with Crippen LogP contribution in [0.5, 0.6) is 17.2 Å². The molecular weight excluding hydrogens is 496 g/mol. The fraction of sp³-hybridized carbons (Fsp3) is 0.290. The first-order valence-electron chi connectivity index (χ1n) is 12.9. The van der Waals surface area contributed by atoms with Crippen molar-refractivity contribution < 1.29 is 28.9 Å². The molecule has 0 aliphatic carbocycles. The summed E-state index contributed by atoms with van der Waals surface area (Å²) in [6.07, 6.45) is 0.000617. The maximum Gasteiger partial charge on any atom is 0.295 e. The minimum atomic E-state index is -0.797. The molecule has 202 valence electrons. The summed E-state index contributed by atoms with van der Waals surface area (Å²) >= 11 is 0. The van der Waals surface area contributed by atoms with Crippen LogP contribution in [0.25, 0.3) is 5.76 Å². The predicted octanol–water partition coefficient (Wildman–Crippen LogP) is 4.93. The molecule has 3 aromatic rings. The molecule has 1 amide bonds. The van der Waals surface area contributed by atoms with Crippen molar-refractivity contribution in [1.82, 2.24) is 4.90 Å². The molecule has 8 heteroatoms. The lowest BCUT2D eigenvalue weighted by molar-refractivity contribution is -0.140. The third-order valence-corrected chi connectivity index (χ3v) is 6.92. The van der Waals surface area contributed by atoms with Crippen LogP contribution in [0.2, 0.25) is 0 Å². The largest absolute Gasteiger partial charge is 0.507 e. The number of nitrogens with zero attached hydrogens (tertiary/aromatic N) is 2. The summed E-state index contributed by atoms with van der Waals surface area (Å²) in [5.74, 6) is 0.398. The van der Waals surface area contributed by atoms with E-state index in [0.717, 1.165) is 11.3 Å². The van der Waals surface area contributed by atoms with Crippen molar-refractivity contribution in [2.75, 3.05) is 32.2 Å². The van der Waals surface area contributed by atoms with E-state index in [1.54, 1.807) is 25.3 Å². The number of rotatable bonds is 7. The Balaban J connectivity index is 1.61. The van der Waals surface area contributed by atoms with Gasteiger partial charge in [-0.2, -0.15) is 0 Å². The van der Waals surface area contributed by atoms with Gasteiger partial charge in [-0.25, -0.2) is 0 Å². The van der Waals surface area contributed by atoms with Gasteiger partial charge >= 0.3 is 0 Å². The number of carbonyl (C=O) groups is 2. The first-order chi connectivity index (χ1) is 18.8. The molecular formula is C31H32N2O6. The van der Waals surface area contributed by atoms with Crippen LogP contribution in [-0.2, 0) is 16.1 Å². The molecule has 1 N–H and O–H groups in total. The minimum absolute atomic E-state index is 0.000617. The summed E-state index contributed by atoms with van der Waals surface area (Å²) in [6.45, 7) is 5.32. The van der Waals surface area contributed by atoms with Crippen LogP contribution in [0.1, 0.15) is 36.6 Å². The molecule has 1 saturated heterocycles. The van der Waals surface area contributed by atoms with Gasteiger partial charge in [0.05, 0.1) is 37.1 Å². The van der Waals surface area contributed by atoms with E-state index in [1.807, 2.05) is 74.3 Å². The second kappa shape index (κ2) is 10.7. The minimum Gasteiger partial charge on any atom is -0.507 e. The molecule has 0 aromatic heterocycles. The van der Waals surface area contributed by atoms with Crippen LogP contribution < -0.4 is 19.1 Å². The fourth-order valence-electron chi connectivity index (χ4n) is 5.01. The van der Waals surface area contributed by atoms with Crippen molar-refractivity contribution in [3.63, 3.8) is 0 Å². The van der Waals surface area contributed by atoms with E-state index >= 15 is 0 Å². The number of hydrogen-bond acceptors (Lipinski definition) is 7. The van der Waals surface area contributed by atoms with Crippen molar-refractivity contribution in [3.05, 3.63) is 89.0 Å². The van der Waals surface area contributed by atoms with Gasteiger partial charge in [0, 0.05) is 19.2 Å². The number of aliphatic hydroxyl groups is 1. The smallest absolute Gasteiger partial charge is 0.295 e. The number of methoxy groups -OCH3 is 1. The molecule has 2 aliphatic heterocycles. The first-order valence-corrected chi connectivity index (χ1v) is 12.9. The van der Waals surface area contributed by atoms with E-state index in [1.165, 1.54) is 4.90 Å². The number of hydrogen-bond donors (Lipinski definition) is 1. The van der Waals surface area contributed by atoms with Gasteiger partial charge < -0.3 is 29.1 Å². The molecule has 0 saturated carbocycles. The van der Waals surface area contributed by atoms with Crippen molar-refractivity contribution in [1.29, 1.82) is 0 Å². The Hall–Kier alpha value is -4.46. The standard InChI is InChI=1S/C31H32N2O6/c1-19(2)39-23-11-8-21(9-12-23)28-27(29(34)22-10-13-26-25(17-22)32(3)14-15-38-26)30(35)31(36)33(28)18-20-6-5-7-24(16-20)37-4/h5-13,16-17,19,28,34H,14-15,18H2,1-4H3/b29-27-. The summed E-state index contributed by atoms with van der Waals surface area (Å²) in [5, 5.41) is 11.5. The van der Waals surface area contributed by atoms with Crippen LogP contribution in [-0.4, -0.2) is 55.1 Å². The Morgan fingerprint density at radius 2 is 1.82 bits per heavy atom. The van der Waals surface area contributed by atoms with Gasteiger partial charge in [-0.1, -0.05) is 24.3 Å². The molecule has 39 heavy (non-hydrogen) atoms. The number of Topliss-reactive ketones (excluding diaryl/α,β-unsaturated/α-hetero) is 1. The van der Waals surface area contributed by atoms with E-state index in [0.29, 0.717) is 41.5 Å². The van der Waals surface area contributed by atoms with Gasteiger partial charge in [-0.3, -0.25) is 9.59 Å². The Kier molecular flexibility index (Phi) is 7.19. The third kappa shape index (κ3) is 5.14. The van der Waals surface area contributed by atoms with Crippen molar-refractivity contribution in [3.8, 4) is 17.2 Å². The lowest BCUT2D eigenvalue weighted by Gasteiger charge is -2.28. The summed E-state index contributed by atoms with van der Waals surface area (Å²) in [5.41, 5.74) is 2.78. The molecule has 1 atom stereocenters. The van der Waals surface area contributed by atoms with E-state index in [-0.39, 0.29) is 24.0 Å². The monoisotopic (exact) mass is 528 g/mol. The SMILES string of the molecule is COc1cccc(CN2C(=O)C(=O)/C(=C(\O)c3ccc4c(c3)N(C)CCO4)C2c2ccc(OC(C)C)cc2)c1. The molecule has 2 heterocycles. The van der Waals surface area contributed by atoms with Gasteiger partial charge in [0.1, 0.15) is 29.6 Å². The van der Waals surface area contributed by atoms with E-state index in [9.17, 15) is 14.7 Å². The van der Waals surface area contributed by atoms with Crippen molar-refractivity contribution >= 4 is 23.1 Å². The highest BCUT2D eigenvalue weighted by Crippen LogP contribution is 2.42. The maximum atomic E-state index is 13.5. The van der Waals surface area contributed by atoms with E-state index in [2.05, 4.69) is 0 Å². The Bertz CT molecular complexity index is 1430.